The maximum Gasteiger partial charge on any atom is 0.143 e. The molecule has 96 valence electrons. The summed E-state index contributed by atoms with van der Waals surface area (Å²) >= 11 is 0. The molecule has 1 aromatic rings. The van der Waals surface area contributed by atoms with Gasteiger partial charge in [0.15, 0.2) is 0 Å². The third-order valence-electron chi connectivity index (χ3n) is 2.70. The molecule has 0 saturated carbocycles. The number of rotatable bonds is 2. The average molecular weight is 237 g/mol. The van der Waals surface area contributed by atoms with E-state index in [1.54, 1.807) is 7.11 Å². The van der Waals surface area contributed by atoms with Crippen molar-refractivity contribution < 1.29 is 4.74 Å². The highest BCUT2D eigenvalue weighted by Crippen LogP contribution is 2.27. The first-order chi connectivity index (χ1) is 8.31. The van der Waals surface area contributed by atoms with Gasteiger partial charge in [0.1, 0.15) is 5.75 Å². The van der Waals surface area contributed by atoms with Gasteiger partial charge in [-0.3, -0.25) is 0 Å². The number of benzene rings is 1. The number of ether oxygens (including phenoxy) is 1. The van der Waals surface area contributed by atoms with Crippen LogP contribution in [0.1, 0.15) is 13.8 Å². The summed E-state index contributed by atoms with van der Waals surface area (Å²) in [6.45, 7) is 8.14. The maximum absolute atomic E-state index is 5.77. The van der Waals surface area contributed by atoms with Crippen LogP contribution in [0.2, 0.25) is 0 Å². The quantitative estimate of drug-likeness (QED) is 0.769. The minimum Gasteiger partial charge on any atom is -0.495 e. The molecule has 0 atom stereocenters. The van der Waals surface area contributed by atoms with Gasteiger partial charge in [-0.05, 0) is 12.1 Å². The predicted octanol–water partition coefficient (Wildman–Crippen LogP) is 1.71. The van der Waals surface area contributed by atoms with E-state index in [2.05, 4.69) is 10.2 Å². The molecule has 0 radical (unpaired) electrons. The van der Waals surface area contributed by atoms with E-state index in [4.69, 9.17) is 10.5 Å². The van der Waals surface area contributed by atoms with Crippen molar-refractivity contribution >= 4 is 11.4 Å². The van der Waals surface area contributed by atoms with Gasteiger partial charge in [0.05, 0.1) is 12.8 Å². The Bertz CT molecular complexity index is 335. The van der Waals surface area contributed by atoms with Crippen LogP contribution >= 0.6 is 0 Å². The first-order valence-electron chi connectivity index (χ1n) is 6.20. The molecule has 1 aliphatic heterocycles. The van der Waals surface area contributed by atoms with Crippen molar-refractivity contribution in [3.05, 3.63) is 18.2 Å². The third kappa shape index (κ3) is 3.53. The van der Waals surface area contributed by atoms with Gasteiger partial charge in [-0.2, -0.15) is 0 Å². The highest BCUT2D eigenvalue weighted by Gasteiger charge is 2.11. The first kappa shape index (κ1) is 13.6. The van der Waals surface area contributed by atoms with Crippen molar-refractivity contribution in [1.29, 1.82) is 0 Å². The van der Waals surface area contributed by atoms with Crippen LogP contribution in [0, 0.1) is 0 Å². The van der Waals surface area contributed by atoms with E-state index in [1.807, 2.05) is 32.0 Å². The minimum atomic E-state index is 0.691. The zero-order valence-corrected chi connectivity index (χ0v) is 11.0. The molecule has 4 nitrogen and oxygen atoms in total. The minimum absolute atomic E-state index is 0.691. The fourth-order valence-corrected chi connectivity index (χ4v) is 1.82. The Morgan fingerprint density at radius 2 is 1.88 bits per heavy atom. The van der Waals surface area contributed by atoms with Gasteiger partial charge in [-0.25, -0.2) is 0 Å². The summed E-state index contributed by atoms with van der Waals surface area (Å²) in [6, 6.07) is 5.94. The van der Waals surface area contributed by atoms with Crippen LogP contribution < -0.4 is 20.7 Å². The molecule has 1 heterocycles. The van der Waals surface area contributed by atoms with Crippen molar-refractivity contribution in [2.75, 3.05) is 43.9 Å². The Hall–Kier alpha value is -1.42. The number of hydrogen-bond donors (Lipinski definition) is 2. The van der Waals surface area contributed by atoms with E-state index in [-0.39, 0.29) is 0 Å². The number of hydrogen-bond acceptors (Lipinski definition) is 4. The summed E-state index contributed by atoms with van der Waals surface area (Å²) in [6.07, 6.45) is 0. The molecule has 1 saturated heterocycles. The van der Waals surface area contributed by atoms with Crippen LogP contribution in [0.3, 0.4) is 0 Å². The molecule has 0 unspecified atom stereocenters. The van der Waals surface area contributed by atoms with Crippen LogP contribution in [0.5, 0.6) is 5.75 Å². The molecular weight excluding hydrogens is 214 g/mol. The molecule has 1 aliphatic rings. The Kier molecular flexibility index (Phi) is 5.63. The van der Waals surface area contributed by atoms with Crippen LogP contribution in [0.4, 0.5) is 11.4 Å². The molecule has 4 heteroatoms. The second-order valence-corrected chi connectivity index (χ2v) is 3.66. The number of nitrogens with one attached hydrogen (secondary N) is 1. The highest BCUT2D eigenvalue weighted by atomic mass is 16.5. The third-order valence-corrected chi connectivity index (χ3v) is 2.70. The zero-order valence-electron chi connectivity index (χ0n) is 11.0. The molecular formula is C13H23N3O. The standard InChI is InChI=1S/C11H17N3O.C2H6/c1-15-11-8-9(2-3-10(11)12)14-6-4-13-5-7-14;1-2/h2-3,8,13H,4-7,12H2,1H3;1-2H3. The summed E-state index contributed by atoms with van der Waals surface area (Å²) in [7, 11) is 1.65. The molecule has 1 aromatic carbocycles. The number of methoxy groups -OCH3 is 1. The summed E-state index contributed by atoms with van der Waals surface area (Å²) in [4.78, 5) is 2.33. The van der Waals surface area contributed by atoms with Crippen LogP contribution in [0.25, 0.3) is 0 Å². The predicted molar refractivity (Wildman–Crippen MR) is 73.8 cm³/mol. The molecule has 1 fully saturated rings. The Morgan fingerprint density at radius 1 is 1.24 bits per heavy atom. The van der Waals surface area contributed by atoms with Crippen molar-refractivity contribution in [2.24, 2.45) is 0 Å². The lowest BCUT2D eigenvalue weighted by Crippen LogP contribution is -2.43. The lowest BCUT2D eigenvalue weighted by Gasteiger charge is -2.29. The highest BCUT2D eigenvalue weighted by molar-refractivity contribution is 5.62. The number of anilines is 2. The van der Waals surface area contributed by atoms with Crippen molar-refractivity contribution in [3.8, 4) is 5.75 Å². The van der Waals surface area contributed by atoms with Gasteiger partial charge < -0.3 is 20.7 Å². The molecule has 0 spiro atoms. The van der Waals surface area contributed by atoms with Gasteiger partial charge in [0.25, 0.3) is 0 Å². The van der Waals surface area contributed by atoms with E-state index in [1.165, 1.54) is 5.69 Å². The van der Waals surface area contributed by atoms with Crippen LogP contribution in [0.15, 0.2) is 18.2 Å². The molecule has 0 amide bonds. The molecule has 0 aromatic heterocycles. The molecule has 0 aliphatic carbocycles. The van der Waals surface area contributed by atoms with E-state index in [0.717, 1.165) is 31.9 Å². The van der Waals surface area contributed by atoms with E-state index < -0.39 is 0 Å². The van der Waals surface area contributed by atoms with Gasteiger partial charge in [0, 0.05) is 37.9 Å². The lowest BCUT2D eigenvalue weighted by atomic mass is 10.2. The number of nitrogen functional groups attached to an aromatic ring is 1. The number of nitrogens with two attached hydrogens (primary N) is 1. The Balaban J connectivity index is 0.000000686. The van der Waals surface area contributed by atoms with E-state index in [0.29, 0.717) is 5.69 Å². The second kappa shape index (κ2) is 7.01. The largest absolute Gasteiger partial charge is 0.495 e. The van der Waals surface area contributed by atoms with Crippen LogP contribution in [-0.2, 0) is 0 Å². The van der Waals surface area contributed by atoms with Gasteiger partial charge in [0.2, 0.25) is 0 Å². The van der Waals surface area contributed by atoms with Crippen molar-refractivity contribution in [2.45, 2.75) is 13.8 Å². The van der Waals surface area contributed by atoms with Gasteiger partial charge in [-0.15, -0.1) is 0 Å². The monoisotopic (exact) mass is 237 g/mol. The topological polar surface area (TPSA) is 50.5 Å². The summed E-state index contributed by atoms with van der Waals surface area (Å²) in [5.41, 5.74) is 7.65. The number of piperazine rings is 1. The summed E-state index contributed by atoms with van der Waals surface area (Å²) in [5.74, 6) is 0.756. The van der Waals surface area contributed by atoms with Crippen molar-refractivity contribution in [3.63, 3.8) is 0 Å². The van der Waals surface area contributed by atoms with Gasteiger partial charge >= 0.3 is 0 Å². The lowest BCUT2D eigenvalue weighted by molar-refractivity contribution is 0.417. The molecule has 3 N–H and O–H groups in total. The summed E-state index contributed by atoms with van der Waals surface area (Å²) in [5, 5.41) is 3.33. The first-order valence-corrected chi connectivity index (χ1v) is 6.20. The second-order valence-electron chi connectivity index (χ2n) is 3.66. The summed E-state index contributed by atoms with van der Waals surface area (Å²) < 4.78 is 5.21. The fourth-order valence-electron chi connectivity index (χ4n) is 1.82. The molecule has 17 heavy (non-hydrogen) atoms. The van der Waals surface area contributed by atoms with Crippen molar-refractivity contribution in [1.82, 2.24) is 5.32 Å². The normalized spacial score (nSPS) is 14.9. The molecule has 0 bridgehead atoms. The number of nitrogens with zero attached hydrogens (tertiary/aromatic N) is 1. The van der Waals surface area contributed by atoms with Gasteiger partial charge in [-0.1, -0.05) is 13.8 Å². The smallest absolute Gasteiger partial charge is 0.143 e. The SMILES string of the molecule is CC.COc1cc(N2CCNCC2)ccc1N. The van der Waals surface area contributed by atoms with E-state index >= 15 is 0 Å². The Labute approximate surface area is 104 Å². The molecule has 2 rings (SSSR count). The average Bonchev–Trinajstić information content (AvgIpc) is 2.42. The maximum atomic E-state index is 5.77. The zero-order chi connectivity index (χ0) is 12.7. The van der Waals surface area contributed by atoms with Crippen LogP contribution in [-0.4, -0.2) is 33.3 Å². The Morgan fingerprint density at radius 3 is 2.47 bits per heavy atom. The van der Waals surface area contributed by atoms with E-state index in [9.17, 15) is 0 Å². The fraction of sp³-hybridized carbons (Fsp3) is 0.538.